The number of carbonyl (C=O) groups excluding carboxylic acids is 1. The molecule has 2 heterocycles. The van der Waals surface area contributed by atoms with Gasteiger partial charge >= 0.3 is 12.2 Å². The lowest BCUT2D eigenvalue weighted by molar-refractivity contribution is -0.199. The lowest BCUT2D eigenvalue weighted by atomic mass is 9.89. The minimum absolute atomic E-state index is 0.0300. The van der Waals surface area contributed by atoms with Crippen LogP contribution in [0.2, 0.25) is 0 Å². The van der Waals surface area contributed by atoms with Crippen LogP contribution < -0.4 is 31.9 Å². The van der Waals surface area contributed by atoms with Crippen molar-refractivity contribution in [1.82, 2.24) is 36.8 Å². The zero-order chi connectivity index (χ0) is 27.1. The fourth-order valence-electron chi connectivity index (χ4n) is 5.77. The van der Waals surface area contributed by atoms with Crippen LogP contribution in [0.4, 0.5) is 22.4 Å². The maximum atomic E-state index is 13.8. The number of nitrogens with zero attached hydrogens (tertiary/aromatic N) is 1. The fourth-order valence-corrected chi connectivity index (χ4v) is 6.11. The van der Waals surface area contributed by atoms with Gasteiger partial charge in [-0.15, -0.1) is 11.6 Å². The van der Waals surface area contributed by atoms with Gasteiger partial charge in [0.05, 0.1) is 5.38 Å². The summed E-state index contributed by atoms with van der Waals surface area (Å²) in [6, 6.07) is -0.0666. The standard InChI is InChI=1S/C24H42ClF4N7O2/c25-18-12-17(6-7-19(18)26)32-21-33-20(34-22(35-21)38-14-24(27,28)29)31-16-8-10-36(11-9-16)23(37)30-13-15-4-2-1-3-5-15/h15-22,31-35H,1-14H2,(H,30,37). The smallest absolute Gasteiger partial charge is 0.340 e. The molecular formula is C24H42ClF4N7O2. The number of hydrogen-bond acceptors (Lipinski definition) is 7. The zero-order valence-corrected chi connectivity index (χ0v) is 22.4. The van der Waals surface area contributed by atoms with E-state index in [1.807, 2.05) is 4.90 Å². The molecule has 0 aromatic heterocycles. The van der Waals surface area contributed by atoms with E-state index in [0.717, 1.165) is 6.54 Å². The van der Waals surface area contributed by atoms with Gasteiger partial charge in [0.25, 0.3) is 0 Å². The summed E-state index contributed by atoms with van der Waals surface area (Å²) in [6.07, 6.45) is 1.15. The number of rotatable bonds is 8. The van der Waals surface area contributed by atoms with Gasteiger partial charge < -0.3 is 15.0 Å². The van der Waals surface area contributed by atoms with Crippen molar-refractivity contribution < 1.29 is 27.1 Å². The number of piperidine rings is 1. The second kappa shape index (κ2) is 14.1. The molecule has 9 nitrogen and oxygen atoms in total. The normalized spacial score (nSPS) is 34.3. The monoisotopic (exact) mass is 571 g/mol. The SMILES string of the molecule is O=C(NCC1CCCCC1)N1CCC(NC2NC(NC3CCC(F)C(Cl)C3)NC(OCC(F)(F)F)N2)CC1. The topological polar surface area (TPSA) is 102 Å². The predicted octanol–water partition coefficient (Wildman–Crippen LogP) is 2.63. The third kappa shape index (κ3) is 9.60. The van der Waals surface area contributed by atoms with Crippen LogP contribution in [-0.4, -0.2) is 85.9 Å². The lowest BCUT2D eigenvalue weighted by Gasteiger charge is -2.43. The van der Waals surface area contributed by atoms with Gasteiger partial charge in [-0.1, -0.05) is 19.3 Å². The highest BCUT2D eigenvalue weighted by Gasteiger charge is 2.36. The van der Waals surface area contributed by atoms with Crippen LogP contribution in [0.1, 0.15) is 64.2 Å². The Morgan fingerprint density at radius 3 is 2.21 bits per heavy atom. The summed E-state index contributed by atoms with van der Waals surface area (Å²) in [7, 11) is 0. The van der Waals surface area contributed by atoms with Crippen molar-refractivity contribution in [2.75, 3.05) is 26.2 Å². The molecule has 0 radical (unpaired) electrons. The van der Waals surface area contributed by atoms with Crippen LogP contribution >= 0.6 is 11.6 Å². The molecule has 2 amide bonds. The molecule has 14 heteroatoms. The van der Waals surface area contributed by atoms with E-state index in [1.54, 1.807) is 0 Å². The largest absolute Gasteiger partial charge is 0.411 e. The minimum Gasteiger partial charge on any atom is -0.340 e. The quantitative estimate of drug-likeness (QED) is 0.197. The summed E-state index contributed by atoms with van der Waals surface area (Å²) in [4.78, 5) is 14.4. The summed E-state index contributed by atoms with van der Waals surface area (Å²) < 4.78 is 57.1. The van der Waals surface area contributed by atoms with Gasteiger partial charge in [0.15, 0.2) is 6.35 Å². The van der Waals surface area contributed by atoms with Crippen molar-refractivity contribution >= 4 is 17.6 Å². The van der Waals surface area contributed by atoms with E-state index in [4.69, 9.17) is 16.3 Å². The first kappa shape index (κ1) is 30.0. The van der Waals surface area contributed by atoms with Gasteiger partial charge in [0, 0.05) is 31.7 Å². The number of carbonyl (C=O) groups is 1. The van der Waals surface area contributed by atoms with Crippen LogP contribution in [0, 0.1) is 5.92 Å². The van der Waals surface area contributed by atoms with Crippen LogP contribution in [0.5, 0.6) is 0 Å². The van der Waals surface area contributed by atoms with Crippen LogP contribution in [-0.2, 0) is 4.74 Å². The Bertz CT molecular complexity index is 741. The van der Waals surface area contributed by atoms with Gasteiger partial charge in [-0.3, -0.25) is 26.6 Å². The first-order chi connectivity index (χ1) is 18.1. The van der Waals surface area contributed by atoms with Crippen LogP contribution in [0.15, 0.2) is 0 Å². The summed E-state index contributed by atoms with van der Waals surface area (Å²) in [5.74, 6) is 0.570. The van der Waals surface area contributed by atoms with Gasteiger partial charge in [-0.25, -0.2) is 9.18 Å². The average molecular weight is 572 g/mol. The summed E-state index contributed by atoms with van der Waals surface area (Å²) in [6.45, 7) is 0.518. The second-order valence-electron chi connectivity index (χ2n) is 11.0. The molecule has 0 bridgehead atoms. The van der Waals surface area contributed by atoms with Crippen molar-refractivity contribution in [1.29, 1.82) is 0 Å². The average Bonchev–Trinajstić information content (AvgIpc) is 2.89. The second-order valence-corrected chi connectivity index (χ2v) is 11.6. The molecule has 4 aliphatic rings. The van der Waals surface area contributed by atoms with E-state index >= 15 is 0 Å². The number of ether oxygens (including phenoxy) is 1. The number of amides is 2. The van der Waals surface area contributed by atoms with Crippen molar-refractivity contribution in [3.8, 4) is 0 Å². The molecule has 38 heavy (non-hydrogen) atoms. The molecule has 0 aromatic rings. The molecule has 6 atom stereocenters. The minimum atomic E-state index is -4.46. The van der Waals surface area contributed by atoms with E-state index in [2.05, 4.69) is 31.9 Å². The van der Waals surface area contributed by atoms with Crippen molar-refractivity contribution in [2.45, 2.75) is 113 Å². The molecule has 2 aliphatic carbocycles. The third-order valence-electron chi connectivity index (χ3n) is 7.93. The van der Waals surface area contributed by atoms with Crippen molar-refractivity contribution in [3.05, 3.63) is 0 Å². The summed E-state index contributed by atoms with van der Waals surface area (Å²) >= 11 is 6.10. The van der Waals surface area contributed by atoms with Crippen LogP contribution in [0.25, 0.3) is 0 Å². The summed E-state index contributed by atoms with van der Waals surface area (Å²) in [5, 5.41) is 18.3. The molecule has 4 rings (SSSR count). The first-order valence-corrected chi connectivity index (χ1v) is 14.4. The molecule has 2 aliphatic heterocycles. The third-order valence-corrected chi connectivity index (χ3v) is 8.38. The number of halogens is 5. The Morgan fingerprint density at radius 2 is 1.58 bits per heavy atom. The molecule has 220 valence electrons. The molecule has 2 saturated heterocycles. The van der Waals surface area contributed by atoms with Gasteiger partial charge in [-0.2, -0.15) is 13.2 Å². The molecule has 2 saturated carbocycles. The fraction of sp³-hybridized carbons (Fsp3) is 0.958. The highest BCUT2D eigenvalue weighted by atomic mass is 35.5. The van der Waals surface area contributed by atoms with Crippen LogP contribution in [0.3, 0.4) is 0 Å². The first-order valence-electron chi connectivity index (χ1n) is 13.9. The molecule has 0 aromatic carbocycles. The number of nitrogens with one attached hydrogen (secondary N) is 6. The number of alkyl halides is 5. The van der Waals surface area contributed by atoms with E-state index in [1.165, 1.54) is 32.1 Å². The van der Waals surface area contributed by atoms with E-state index in [0.29, 0.717) is 51.1 Å². The van der Waals surface area contributed by atoms with Gasteiger partial charge in [0.1, 0.15) is 25.4 Å². The molecule has 4 fully saturated rings. The van der Waals surface area contributed by atoms with Gasteiger partial charge in [-0.05, 0) is 50.9 Å². The van der Waals surface area contributed by atoms with Gasteiger partial charge in [0.2, 0.25) is 0 Å². The Morgan fingerprint density at radius 1 is 0.921 bits per heavy atom. The lowest BCUT2D eigenvalue weighted by Crippen LogP contribution is -2.76. The Hall–Kier alpha value is -0.960. The Labute approximate surface area is 226 Å². The maximum Gasteiger partial charge on any atom is 0.411 e. The summed E-state index contributed by atoms with van der Waals surface area (Å²) in [5.41, 5.74) is 0. The highest BCUT2D eigenvalue weighted by Crippen LogP contribution is 2.26. The highest BCUT2D eigenvalue weighted by molar-refractivity contribution is 6.21. The number of likely N-dealkylation sites (tertiary alicyclic amines) is 1. The maximum absolute atomic E-state index is 13.8. The number of urea groups is 1. The Balaban J connectivity index is 1.24. The molecule has 6 N–H and O–H groups in total. The van der Waals surface area contributed by atoms with E-state index < -0.39 is 43.3 Å². The molecule has 0 spiro atoms. The predicted molar refractivity (Wildman–Crippen MR) is 136 cm³/mol. The number of hydrogen-bond donors (Lipinski definition) is 6. The van der Waals surface area contributed by atoms with E-state index in [9.17, 15) is 22.4 Å². The zero-order valence-electron chi connectivity index (χ0n) is 21.7. The van der Waals surface area contributed by atoms with E-state index in [-0.39, 0.29) is 18.1 Å². The van der Waals surface area contributed by atoms with Crippen molar-refractivity contribution in [3.63, 3.8) is 0 Å². The molecule has 6 unspecified atom stereocenters. The van der Waals surface area contributed by atoms with Crippen molar-refractivity contribution in [2.24, 2.45) is 5.92 Å². The molecular weight excluding hydrogens is 530 g/mol. The Kier molecular flexibility index (Phi) is 11.1.